The molecule has 2 amide bonds. The minimum Gasteiger partial charge on any atom is -0.348 e. The average Bonchev–Trinajstić information content (AvgIpc) is 2.97. The molecule has 122 valence electrons. The number of amides is 2. The summed E-state index contributed by atoms with van der Waals surface area (Å²) in [6.45, 7) is 7.78. The zero-order valence-corrected chi connectivity index (χ0v) is 14.5. The van der Waals surface area contributed by atoms with Gasteiger partial charge in [0.05, 0.1) is 16.8 Å². The van der Waals surface area contributed by atoms with Gasteiger partial charge in [-0.2, -0.15) is 0 Å². The first kappa shape index (κ1) is 15.9. The molecule has 2 heterocycles. The molecule has 23 heavy (non-hydrogen) atoms. The van der Waals surface area contributed by atoms with E-state index in [1.165, 1.54) is 5.69 Å². The molecule has 0 unspecified atom stereocenters. The summed E-state index contributed by atoms with van der Waals surface area (Å²) in [5.41, 5.74) is 2.92. The molecule has 1 aromatic carbocycles. The lowest BCUT2D eigenvalue weighted by atomic mass is 9.97. The molecule has 2 aromatic rings. The first-order valence-corrected chi connectivity index (χ1v) is 8.34. The fourth-order valence-electron chi connectivity index (χ4n) is 3.25. The normalized spacial score (nSPS) is 17.3. The van der Waals surface area contributed by atoms with Crippen molar-refractivity contribution in [3.8, 4) is 0 Å². The number of nitrogens with one attached hydrogen (secondary N) is 1. The van der Waals surface area contributed by atoms with E-state index in [9.17, 15) is 4.79 Å². The maximum Gasteiger partial charge on any atom is 0.322 e. The van der Waals surface area contributed by atoms with E-state index in [0.717, 1.165) is 12.1 Å². The van der Waals surface area contributed by atoms with Crippen LogP contribution in [0.1, 0.15) is 31.1 Å². The molecule has 1 N–H and O–H groups in total. The largest absolute Gasteiger partial charge is 0.348 e. The molecule has 1 atom stereocenters. The van der Waals surface area contributed by atoms with Crippen LogP contribution in [-0.4, -0.2) is 22.0 Å². The van der Waals surface area contributed by atoms with Crippen LogP contribution in [0.3, 0.4) is 0 Å². The second-order valence-corrected chi connectivity index (χ2v) is 6.83. The van der Waals surface area contributed by atoms with Crippen molar-refractivity contribution in [2.45, 2.75) is 33.4 Å². The third-order valence-corrected chi connectivity index (χ3v) is 4.66. The highest BCUT2D eigenvalue weighted by atomic mass is 35.5. The minimum atomic E-state index is -0.0955. The van der Waals surface area contributed by atoms with Crippen molar-refractivity contribution in [2.75, 3.05) is 11.9 Å². The standard InChI is InChI=1S/C18H22ClN3O/c1-12(2)17-16-5-4-8-21(16)9-10-22(17)18(23)20-15-7-6-13(3)11-14(15)19/h4-8,11-12,17H,9-10H2,1-3H3,(H,20,23)/t17-/m0/s1. The third-order valence-electron chi connectivity index (χ3n) is 4.34. The highest BCUT2D eigenvalue weighted by Gasteiger charge is 2.33. The van der Waals surface area contributed by atoms with Crippen LogP contribution in [0.25, 0.3) is 0 Å². The molecule has 0 saturated carbocycles. The first-order chi connectivity index (χ1) is 11.0. The molecule has 0 radical (unpaired) electrons. The van der Waals surface area contributed by atoms with Crippen molar-refractivity contribution < 1.29 is 4.79 Å². The molecule has 4 nitrogen and oxygen atoms in total. The SMILES string of the molecule is Cc1ccc(NC(=O)N2CCn3cccc3[C@@H]2C(C)C)c(Cl)c1. The first-order valence-electron chi connectivity index (χ1n) is 7.96. The number of fused-ring (bicyclic) bond motifs is 1. The smallest absolute Gasteiger partial charge is 0.322 e. The van der Waals surface area contributed by atoms with Crippen LogP contribution in [0, 0.1) is 12.8 Å². The predicted molar refractivity (Wildman–Crippen MR) is 93.9 cm³/mol. The van der Waals surface area contributed by atoms with Crippen molar-refractivity contribution >= 4 is 23.3 Å². The van der Waals surface area contributed by atoms with Gasteiger partial charge in [-0.05, 0) is 42.7 Å². The Bertz CT molecular complexity index is 723. The van der Waals surface area contributed by atoms with Crippen LogP contribution in [0.5, 0.6) is 0 Å². The second-order valence-electron chi connectivity index (χ2n) is 6.42. The van der Waals surface area contributed by atoms with Crippen LogP contribution < -0.4 is 5.32 Å². The van der Waals surface area contributed by atoms with Gasteiger partial charge in [0.15, 0.2) is 0 Å². The molecular weight excluding hydrogens is 310 g/mol. The molecule has 5 heteroatoms. The van der Waals surface area contributed by atoms with Gasteiger partial charge in [-0.25, -0.2) is 4.79 Å². The topological polar surface area (TPSA) is 37.3 Å². The Balaban J connectivity index is 1.84. The van der Waals surface area contributed by atoms with E-state index in [4.69, 9.17) is 11.6 Å². The van der Waals surface area contributed by atoms with Gasteiger partial charge in [-0.1, -0.05) is 31.5 Å². The number of urea groups is 1. The maximum atomic E-state index is 12.8. The van der Waals surface area contributed by atoms with E-state index in [1.807, 2.05) is 36.1 Å². The Morgan fingerprint density at radius 3 is 2.78 bits per heavy atom. The summed E-state index contributed by atoms with van der Waals surface area (Å²) in [6, 6.07) is 9.78. The number of aryl methyl sites for hydroxylation is 1. The number of anilines is 1. The van der Waals surface area contributed by atoms with Crippen molar-refractivity contribution in [2.24, 2.45) is 5.92 Å². The molecule has 0 fully saturated rings. The molecule has 1 aromatic heterocycles. The fraction of sp³-hybridized carbons (Fsp3) is 0.389. The zero-order valence-electron chi connectivity index (χ0n) is 13.7. The number of carbonyl (C=O) groups excluding carboxylic acids is 1. The van der Waals surface area contributed by atoms with Crippen molar-refractivity contribution in [3.05, 3.63) is 52.8 Å². The van der Waals surface area contributed by atoms with E-state index in [0.29, 0.717) is 23.2 Å². The van der Waals surface area contributed by atoms with Gasteiger partial charge >= 0.3 is 6.03 Å². The van der Waals surface area contributed by atoms with E-state index in [1.54, 1.807) is 0 Å². The summed E-state index contributed by atoms with van der Waals surface area (Å²) in [5, 5.41) is 3.53. The van der Waals surface area contributed by atoms with E-state index < -0.39 is 0 Å². The number of hydrogen-bond acceptors (Lipinski definition) is 1. The quantitative estimate of drug-likeness (QED) is 0.851. The summed E-state index contributed by atoms with van der Waals surface area (Å²) < 4.78 is 2.23. The van der Waals surface area contributed by atoms with E-state index in [-0.39, 0.29) is 12.1 Å². The van der Waals surface area contributed by atoms with E-state index >= 15 is 0 Å². The monoisotopic (exact) mass is 331 g/mol. The Morgan fingerprint density at radius 2 is 2.09 bits per heavy atom. The molecule has 1 aliphatic heterocycles. The van der Waals surface area contributed by atoms with Gasteiger partial charge in [0, 0.05) is 25.0 Å². The lowest BCUT2D eigenvalue weighted by Crippen LogP contribution is -2.45. The van der Waals surface area contributed by atoms with E-state index in [2.05, 4.69) is 36.0 Å². The van der Waals surface area contributed by atoms with Crippen LogP contribution in [-0.2, 0) is 6.54 Å². The Morgan fingerprint density at radius 1 is 1.30 bits per heavy atom. The summed E-state index contributed by atoms with van der Waals surface area (Å²) >= 11 is 6.24. The third kappa shape index (κ3) is 3.08. The number of halogens is 1. The Kier molecular flexibility index (Phi) is 4.35. The van der Waals surface area contributed by atoms with Crippen LogP contribution >= 0.6 is 11.6 Å². The molecule has 0 bridgehead atoms. The highest BCUT2D eigenvalue weighted by Crippen LogP contribution is 2.33. The van der Waals surface area contributed by atoms with Gasteiger partial charge in [0.1, 0.15) is 0 Å². The average molecular weight is 332 g/mol. The van der Waals surface area contributed by atoms with Gasteiger partial charge in [0.2, 0.25) is 0 Å². The number of nitrogens with zero attached hydrogens (tertiary/aromatic N) is 2. The summed E-state index contributed by atoms with van der Waals surface area (Å²) in [6.07, 6.45) is 2.08. The number of aromatic nitrogens is 1. The highest BCUT2D eigenvalue weighted by molar-refractivity contribution is 6.33. The molecule has 3 rings (SSSR count). The van der Waals surface area contributed by atoms with Crippen LogP contribution in [0.2, 0.25) is 5.02 Å². The van der Waals surface area contributed by atoms with Gasteiger partial charge in [-0.15, -0.1) is 0 Å². The Labute approximate surface area is 142 Å². The van der Waals surface area contributed by atoms with Crippen molar-refractivity contribution in [1.82, 2.24) is 9.47 Å². The lowest BCUT2D eigenvalue weighted by molar-refractivity contribution is 0.144. The van der Waals surface area contributed by atoms with Gasteiger partial charge in [0.25, 0.3) is 0 Å². The second kappa shape index (κ2) is 6.28. The number of hydrogen-bond donors (Lipinski definition) is 1. The molecule has 0 saturated heterocycles. The zero-order chi connectivity index (χ0) is 16.6. The predicted octanol–water partition coefficient (Wildman–Crippen LogP) is 4.69. The number of rotatable bonds is 2. The minimum absolute atomic E-state index is 0.0722. The summed E-state index contributed by atoms with van der Waals surface area (Å²) in [7, 11) is 0. The van der Waals surface area contributed by atoms with Crippen LogP contribution in [0.15, 0.2) is 36.5 Å². The summed E-state index contributed by atoms with van der Waals surface area (Å²) in [5.74, 6) is 0.336. The number of carbonyl (C=O) groups is 1. The lowest BCUT2D eigenvalue weighted by Gasteiger charge is -2.39. The molecule has 0 spiro atoms. The Hall–Kier alpha value is -1.94. The number of benzene rings is 1. The van der Waals surface area contributed by atoms with Gasteiger partial charge in [-0.3, -0.25) is 0 Å². The van der Waals surface area contributed by atoms with Crippen molar-refractivity contribution in [3.63, 3.8) is 0 Å². The van der Waals surface area contributed by atoms with Crippen molar-refractivity contribution in [1.29, 1.82) is 0 Å². The molecule has 0 aliphatic carbocycles. The molecule has 1 aliphatic rings. The van der Waals surface area contributed by atoms with Crippen LogP contribution in [0.4, 0.5) is 10.5 Å². The fourth-order valence-corrected chi connectivity index (χ4v) is 3.53. The summed E-state index contributed by atoms with van der Waals surface area (Å²) in [4.78, 5) is 14.7. The van der Waals surface area contributed by atoms with Gasteiger partial charge < -0.3 is 14.8 Å². The maximum absolute atomic E-state index is 12.8. The molecular formula is C18H22ClN3O.